The number of aromatic nitrogens is 1. The molecule has 1 fully saturated rings. The molecule has 0 bridgehead atoms. The molecule has 0 aliphatic carbocycles. The minimum Gasteiger partial charge on any atom is -0.504 e. The van der Waals surface area contributed by atoms with Gasteiger partial charge >= 0.3 is 10.8 Å². The number of nitro groups is 1. The van der Waals surface area contributed by atoms with Crippen molar-refractivity contribution in [3.63, 3.8) is 0 Å². The van der Waals surface area contributed by atoms with Crippen molar-refractivity contribution < 1.29 is 38.7 Å². The Morgan fingerprint density at radius 1 is 1.02 bits per heavy atom. The number of nitrogens with zero attached hydrogens (tertiary/aromatic N) is 3. The third-order valence-corrected chi connectivity index (χ3v) is 10.5. The average Bonchev–Trinajstić information content (AvgIpc) is 3.51. The lowest BCUT2D eigenvalue weighted by Gasteiger charge is -2.31. The molecule has 16 heteroatoms. The van der Waals surface area contributed by atoms with Gasteiger partial charge in [0.2, 0.25) is 17.7 Å². The highest BCUT2D eigenvalue weighted by atomic mass is 32.2. The zero-order chi connectivity index (χ0) is 34.3. The minimum absolute atomic E-state index is 0.118. The minimum atomic E-state index is -1.01. The third-order valence-electron chi connectivity index (χ3n) is 7.91. The molecule has 2 aliphatic heterocycles. The summed E-state index contributed by atoms with van der Waals surface area (Å²) in [7, 11) is 1.36. The van der Waals surface area contributed by atoms with Crippen LogP contribution in [0.2, 0.25) is 0 Å². The highest BCUT2D eigenvalue weighted by Crippen LogP contribution is 2.54. The van der Waals surface area contributed by atoms with Crippen LogP contribution in [0, 0.1) is 16.0 Å². The summed E-state index contributed by atoms with van der Waals surface area (Å²) in [6.07, 6.45) is 0. The fourth-order valence-electron chi connectivity index (χ4n) is 5.73. The van der Waals surface area contributed by atoms with Crippen LogP contribution in [-0.4, -0.2) is 57.3 Å². The number of ether oxygens (including phenoxy) is 2. The second-order valence-electron chi connectivity index (χ2n) is 10.7. The van der Waals surface area contributed by atoms with Gasteiger partial charge in [-0.1, -0.05) is 29.2 Å². The standard InChI is InChI=1S/C32H26N4O10S2/c1-3-46-31(41)16-4-7-18(8-5-16)33-23(38)15-34-30-27(48-32(34)42)24(17-6-13-21(37)22(14-17)45-2)25-26(47-30)29(40)35(28(25)39)19-9-11-20(12-10-19)36(43)44/h4-14,24-26,37H,3,15H2,1-2H3,(H,33,38)/t24-,25+,26-/m0/s1. The van der Waals surface area contributed by atoms with Gasteiger partial charge in [0.05, 0.1) is 40.8 Å². The number of phenolic OH excluding ortho intramolecular Hbond substituents is 1. The number of hydrogen-bond acceptors (Lipinski definition) is 12. The highest BCUT2D eigenvalue weighted by molar-refractivity contribution is 8.00. The molecule has 3 atom stereocenters. The molecule has 2 N–H and O–H groups in total. The summed E-state index contributed by atoms with van der Waals surface area (Å²) in [6, 6.07) is 15.6. The van der Waals surface area contributed by atoms with Gasteiger partial charge in [-0.2, -0.15) is 0 Å². The molecule has 3 heterocycles. The number of anilines is 2. The number of aromatic hydroxyl groups is 1. The first-order valence-corrected chi connectivity index (χ1v) is 16.2. The molecule has 3 aromatic carbocycles. The molecule has 0 saturated carbocycles. The summed E-state index contributed by atoms with van der Waals surface area (Å²) in [4.78, 5) is 78.1. The molecular weight excluding hydrogens is 665 g/mol. The van der Waals surface area contributed by atoms with E-state index in [1.54, 1.807) is 13.0 Å². The van der Waals surface area contributed by atoms with E-state index in [4.69, 9.17) is 9.47 Å². The Morgan fingerprint density at radius 2 is 1.73 bits per heavy atom. The van der Waals surface area contributed by atoms with E-state index in [1.165, 1.54) is 72.3 Å². The van der Waals surface area contributed by atoms with Gasteiger partial charge in [0.1, 0.15) is 11.8 Å². The van der Waals surface area contributed by atoms with E-state index >= 15 is 0 Å². The first kappa shape index (κ1) is 32.5. The number of esters is 1. The largest absolute Gasteiger partial charge is 0.504 e. The number of nitrogens with one attached hydrogen (secondary N) is 1. The summed E-state index contributed by atoms with van der Waals surface area (Å²) >= 11 is 1.85. The van der Waals surface area contributed by atoms with E-state index in [-0.39, 0.29) is 29.5 Å². The molecule has 3 amide bonds. The summed E-state index contributed by atoms with van der Waals surface area (Å²) in [5.74, 6) is -4.05. The van der Waals surface area contributed by atoms with Crippen molar-refractivity contribution in [3.8, 4) is 11.5 Å². The van der Waals surface area contributed by atoms with Crippen molar-refractivity contribution >= 4 is 63.9 Å². The molecule has 0 radical (unpaired) electrons. The molecule has 0 spiro atoms. The van der Waals surface area contributed by atoms with Crippen molar-refractivity contribution in [1.82, 2.24) is 4.57 Å². The zero-order valence-corrected chi connectivity index (χ0v) is 26.9. The van der Waals surface area contributed by atoms with E-state index < -0.39 is 57.1 Å². The summed E-state index contributed by atoms with van der Waals surface area (Å²) in [6.45, 7) is 1.50. The summed E-state index contributed by atoms with van der Waals surface area (Å²) < 4.78 is 11.5. The van der Waals surface area contributed by atoms with Gasteiger partial charge in [-0.3, -0.25) is 33.9 Å². The Morgan fingerprint density at radius 3 is 2.38 bits per heavy atom. The maximum Gasteiger partial charge on any atom is 0.338 e. The van der Waals surface area contributed by atoms with Crippen LogP contribution in [0.25, 0.3) is 0 Å². The lowest BCUT2D eigenvalue weighted by molar-refractivity contribution is -0.384. The Hall–Kier alpha value is -5.48. The van der Waals surface area contributed by atoms with Crippen LogP contribution in [0.15, 0.2) is 76.6 Å². The number of carbonyl (C=O) groups excluding carboxylic acids is 4. The van der Waals surface area contributed by atoms with E-state index in [0.29, 0.717) is 26.7 Å². The molecule has 4 aromatic rings. The SMILES string of the molecule is CCOC(=O)c1ccc(NC(=O)Cn2c3c(sc2=O)[C@@H](c2ccc(O)c(OC)c2)[C@H]2C(=O)N(c4ccc([N+](=O)[O-])cc4)C(=O)[C@H]2S3)cc1. The van der Waals surface area contributed by atoms with Crippen LogP contribution < -0.4 is 19.8 Å². The molecule has 6 rings (SSSR count). The number of fused-ring (bicyclic) bond motifs is 2. The fraction of sp³-hybridized carbons (Fsp3) is 0.219. The highest BCUT2D eigenvalue weighted by Gasteiger charge is 2.57. The number of imide groups is 1. The molecule has 48 heavy (non-hydrogen) atoms. The third kappa shape index (κ3) is 5.79. The summed E-state index contributed by atoms with van der Waals surface area (Å²) in [5.41, 5.74) is 1.12. The van der Waals surface area contributed by atoms with Crippen LogP contribution in [0.5, 0.6) is 11.5 Å². The van der Waals surface area contributed by atoms with Gasteiger partial charge in [0, 0.05) is 28.6 Å². The van der Waals surface area contributed by atoms with Crippen LogP contribution in [0.3, 0.4) is 0 Å². The summed E-state index contributed by atoms with van der Waals surface area (Å²) in [5, 5.41) is 23.5. The Bertz CT molecular complexity index is 2020. The number of rotatable bonds is 9. The van der Waals surface area contributed by atoms with Crippen molar-refractivity contribution in [1.29, 1.82) is 0 Å². The number of amides is 3. The normalized spacial score (nSPS) is 18.2. The van der Waals surface area contributed by atoms with E-state index in [1.807, 2.05) is 0 Å². The first-order valence-electron chi connectivity index (χ1n) is 14.5. The molecule has 1 saturated heterocycles. The number of carbonyl (C=O) groups is 4. The maximum atomic E-state index is 14.1. The van der Waals surface area contributed by atoms with Crippen molar-refractivity contribution in [2.75, 3.05) is 23.9 Å². The van der Waals surface area contributed by atoms with Gasteiger partial charge in [0.15, 0.2) is 11.5 Å². The van der Waals surface area contributed by atoms with Gasteiger partial charge in [0.25, 0.3) is 5.69 Å². The second kappa shape index (κ2) is 13.0. The van der Waals surface area contributed by atoms with Gasteiger partial charge in [-0.05, 0) is 61.0 Å². The van der Waals surface area contributed by atoms with Crippen molar-refractivity contribution in [3.05, 3.63) is 103 Å². The predicted molar refractivity (Wildman–Crippen MR) is 175 cm³/mol. The van der Waals surface area contributed by atoms with E-state index in [9.17, 15) is 39.2 Å². The van der Waals surface area contributed by atoms with Crippen LogP contribution in [0.1, 0.15) is 33.6 Å². The van der Waals surface area contributed by atoms with Gasteiger partial charge in [-0.15, -0.1) is 0 Å². The van der Waals surface area contributed by atoms with Crippen molar-refractivity contribution in [2.24, 2.45) is 5.92 Å². The van der Waals surface area contributed by atoms with Crippen LogP contribution >= 0.6 is 23.1 Å². The number of methoxy groups -OCH3 is 1. The second-order valence-corrected chi connectivity index (χ2v) is 12.9. The van der Waals surface area contributed by atoms with Crippen LogP contribution in [-0.2, 0) is 25.7 Å². The van der Waals surface area contributed by atoms with Crippen LogP contribution in [0.4, 0.5) is 17.1 Å². The molecule has 246 valence electrons. The lowest BCUT2D eigenvalue weighted by atomic mass is 9.83. The molecule has 1 aromatic heterocycles. The topological polar surface area (TPSA) is 187 Å². The number of non-ortho nitro benzene ring substituents is 1. The first-order chi connectivity index (χ1) is 23.0. The monoisotopic (exact) mass is 690 g/mol. The predicted octanol–water partition coefficient (Wildman–Crippen LogP) is 4.14. The van der Waals surface area contributed by atoms with Gasteiger partial charge < -0.3 is 19.9 Å². The van der Waals surface area contributed by atoms with E-state index in [2.05, 4.69) is 5.32 Å². The fourth-order valence-corrected chi connectivity index (χ4v) is 8.50. The quantitative estimate of drug-likeness (QED) is 0.111. The maximum absolute atomic E-state index is 14.1. The Balaban J connectivity index is 1.36. The number of hydrogen-bond donors (Lipinski definition) is 2. The number of thioether (sulfide) groups is 1. The van der Waals surface area contributed by atoms with Gasteiger partial charge in [-0.25, -0.2) is 9.69 Å². The molecule has 14 nitrogen and oxygen atoms in total. The number of thiazole rings is 1. The number of phenols is 1. The smallest absolute Gasteiger partial charge is 0.338 e. The van der Waals surface area contributed by atoms with E-state index in [0.717, 1.165) is 28.0 Å². The lowest BCUT2D eigenvalue weighted by Crippen LogP contribution is -2.33. The number of benzene rings is 3. The Labute approximate surface area is 280 Å². The molecular formula is C32H26N4O10S2. The number of nitro benzene ring substituents is 1. The molecule has 2 aliphatic rings. The average molecular weight is 691 g/mol. The van der Waals surface area contributed by atoms with Crippen molar-refractivity contribution in [2.45, 2.75) is 29.7 Å². The zero-order valence-electron chi connectivity index (χ0n) is 25.3. The Kier molecular flexibility index (Phi) is 8.77. The molecule has 0 unspecified atom stereocenters.